The van der Waals surface area contributed by atoms with Crippen molar-refractivity contribution in [2.45, 2.75) is 20.3 Å². The summed E-state index contributed by atoms with van der Waals surface area (Å²) in [7, 11) is 0. The van der Waals surface area contributed by atoms with Crippen LogP contribution in [-0.2, 0) is 11.2 Å². The molecule has 120 valence electrons. The molecule has 0 aliphatic carbocycles. The first-order valence-electron chi connectivity index (χ1n) is 7.91. The number of rotatable bonds is 3. The van der Waals surface area contributed by atoms with E-state index in [1.807, 2.05) is 25.1 Å². The number of nitrogens with zero attached hydrogens (tertiary/aromatic N) is 1. The number of benzene rings is 2. The highest BCUT2D eigenvalue weighted by Crippen LogP contribution is 2.25. The molecule has 0 aliphatic rings. The zero-order valence-corrected chi connectivity index (χ0v) is 13.6. The summed E-state index contributed by atoms with van der Waals surface area (Å²) < 4.78 is 0. The van der Waals surface area contributed by atoms with Gasteiger partial charge < -0.3 is 10.3 Å². The molecule has 0 aliphatic heterocycles. The van der Waals surface area contributed by atoms with Gasteiger partial charge in [0.25, 0.3) is 0 Å². The molecule has 2 heterocycles. The van der Waals surface area contributed by atoms with Gasteiger partial charge in [-0.3, -0.25) is 9.89 Å². The number of aryl methyl sites for hydroxylation is 2. The topological polar surface area (TPSA) is 73.6 Å². The fraction of sp³-hybridized carbons (Fsp3) is 0.158. The summed E-state index contributed by atoms with van der Waals surface area (Å²) in [5.41, 5.74) is 5.93. The molecule has 3 N–H and O–H groups in total. The maximum Gasteiger partial charge on any atom is 0.228 e. The van der Waals surface area contributed by atoms with Crippen molar-refractivity contribution >= 4 is 33.4 Å². The number of anilines is 1. The van der Waals surface area contributed by atoms with Crippen LogP contribution in [0, 0.1) is 13.8 Å². The molecule has 4 rings (SSSR count). The Morgan fingerprint density at radius 2 is 2.08 bits per heavy atom. The number of aromatic amines is 2. The molecular weight excluding hydrogens is 300 g/mol. The van der Waals surface area contributed by atoms with Crippen LogP contribution in [0.3, 0.4) is 0 Å². The monoisotopic (exact) mass is 318 g/mol. The van der Waals surface area contributed by atoms with Gasteiger partial charge in [0.2, 0.25) is 5.91 Å². The van der Waals surface area contributed by atoms with Gasteiger partial charge in [0.15, 0.2) is 0 Å². The van der Waals surface area contributed by atoms with E-state index in [0.717, 1.165) is 38.8 Å². The van der Waals surface area contributed by atoms with Gasteiger partial charge in [-0.25, -0.2) is 0 Å². The summed E-state index contributed by atoms with van der Waals surface area (Å²) >= 11 is 0. The molecule has 0 radical (unpaired) electrons. The zero-order valence-electron chi connectivity index (χ0n) is 13.6. The number of carbonyl (C=O) groups excluding carboxylic acids is 1. The normalized spacial score (nSPS) is 11.2. The van der Waals surface area contributed by atoms with Gasteiger partial charge in [-0.15, -0.1) is 0 Å². The highest BCUT2D eigenvalue weighted by Gasteiger charge is 2.14. The molecule has 4 aromatic rings. The van der Waals surface area contributed by atoms with Crippen molar-refractivity contribution in [1.29, 1.82) is 0 Å². The SMILES string of the molecule is Cc1ccc2[nH]c(C)c(CC(=O)Nc3cccc4cn[nH]c34)c2c1. The summed E-state index contributed by atoms with van der Waals surface area (Å²) in [4.78, 5) is 15.9. The molecule has 2 aromatic carbocycles. The molecule has 0 saturated heterocycles. The minimum atomic E-state index is -0.0393. The number of hydrogen-bond acceptors (Lipinski definition) is 2. The Labute approximate surface area is 139 Å². The fourth-order valence-electron chi connectivity index (χ4n) is 3.15. The van der Waals surface area contributed by atoms with E-state index in [0.29, 0.717) is 6.42 Å². The number of fused-ring (bicyclic) bond motifs is 2. The van der Waals surface area contributed by atoms with E-state index in [1.54, 1.807) is 6.20 Å². The van der Waals surface area contributed by atoms with Crippen molar-refractivity contribution in [2.24, 2.45) is 0 Å². The Kier molecular flexibility index (Phi) is 3.34. The highest BCUT2D eigenvalue weighted by molar-refractivity contribution is 6.02. The van der Waals surface area contributed by atoms with Gasteiger partial charge in [0.05, 0.1) is 23.8 Å². The van der Waals surface area contributed by atoms with E-state index < -0.39 is 0 Å². The molecule has 5 heteroatoms. The first-order chi connectivity index (χ1) is 11.6. The van der Waals surface area contributed by atoms with E-state index in [2.05, 4.69) is 45.6 Å². The van der Waals surface area contributed by atoms with Crippen molar-refractivity contribution in [3.8, 4) is 0 Å². The van der Waals surface area contributed by atoms with E-state index in [4.69, 9.17) is 0 Å². The third kappa shape index (κ3) is 2.44. The number of aromatic nitrogens is 3. The predicted molar refractivity (Wildman–Crippen MR) is 96.2 cm³/mol. The smallest absolute Gasteiger partial charge is 0.228 e. The van der Waals surface area contributed by atoms with Crippen LogP contribution >= 0.6 is 0 Å². The quantitative estimate of drug-likeness (QED) is 0.537. The molecule has 0 fully saturated rings. The maximum absolute atomic E-state index is 12.6. The summed E-state index contributed by atoms with van der Waals surface area (Å²) in [6, 6.07) is 12.0. The Bertz CT molecular complexity index is 1060. The van der Waals surface area contributed by atoms with Gasteiger partial charge in [-0.05, 0) is 37.6 Å². The lowest BCUT2D eigenvalue weighted by atomic mass is 10.1. The van der Waals surface area contributed by atoms with Gasteiger partial charge in [0, 0.05) is 22.0 Å². The van der Waals surface area contributed by atoms with E-state index in [9.17, 15) is 4.79 Å². The molecule has 0 spiro atoms. The lowest BCUT2D eigenvalue weighted by Crippen LogP contribution is -2.15. The standard InChI is InChI=1S/C19H18N4O/c1-11-6-7-16-15(8-11)14(12(2)21-16)9-18(24)22-17-5-3-4-13-10-20-23-19(13)17/h3-8,10,21H,9H2,1-2H3,(H,20,23)(H,22,24). The fourth-order valence-corrected chi connectivity index (χ4v) is 3.15. The molecule has 5 nitrogen and oxygen atoms in total. The van der Waals surface area contributed by atoms with Crippen LogP contribution in [0.2, 0.25) is 0 Å². The van der Waals surface area contributed by atoms with Crippen LogP contribution in [0.15, 0.2) is 42.6 Å². The average Bonchev–Trinajstić information content (AvgIpc) is 3.14. The van der Waals surface area contributed by atoms with Crippen LogP contribution in [0.4, 0.5) is 5.69 Å². The summed E-state index contributed by atoms with van der Waals surface area (Å²) in [5, 5.41) is 12.0. The zero-order chi connectivity index (χ0) is 16.7. The number of nitrogens with one attached hydrogen (secondary N) is 3. The number of carbonyl (C=O) groups is 1. The second kappa shape index (κ2) is 5.53. The molecule has 0 saturated carbocycles. The van der Waals surface area contributed by atoms with Gasteiger partial charge >= 0.3 is 0 Å². The molecule has 1 amide bonds. The number of para-hydroxylation sites is 1. The van der Waals surface area contributed by atoms with Crippen LogP contribution in [-0.4, -0.2) is 21.1 Å². The Hall–Kier alpha value is -3.08. The molecule has 0 bridgehead atoms. The second-order valence-electron chi connectivity index (χ2n) is 6.14. The minimum absolute atomic E-state index is 0.0393. The third-order valence-corrected chi connectivity index (χ3v) is 4.36. The summed E-state index contributed by atoms with van der Waals surface area (Å²) in [5.74, 6) is -0.0393. The van der Waals surface area contributed by atoms with Gasteiger partial charge in [-0.2, -0.15) is 5.10 Å². The first kappa shape index (κ1) is 14.5. The number of H-pyrrole nitrogens is 2. The lowest BCUT2D eigenvalue weighted by Gasteiger charge is -2.07. The number of amides is 1. The van der Waals surface area contributed by atoms with Gasteiger partial charge in [0.1, 0.15) is 0 Å². The Morgan fingerprint density at radius 3 is 2.96 bits per heavy atom. The van der Waals surface area contributed by atoms with Crippen LogP contribution in [0.5, 0.6) is 0 Å². The number of hydrogen-bond donors (Lipinski definition) is 3. The summed E-state index contributed by atoms with van der Waals surface area (Å²) in [6.45, 7) is 4.07. The Morgan fingerprint density at radius 1 is 1.21 bits per heavy atom. The van der Waals surface area contributed by atoms with Crippen LogP contribution < -0.4 is 5.32 Å². The molecule has 0 unspecified atom stereocenters. The lowest BCUT2D eigenvalue weighted by molar-refractivity contribution is -0.115. The highest BCUT2D eigenvalue weighted by atomic mass is 16.1. The van der Waals surface area contributed by atoms with Crippen molar-refractivity contribution in [3.05, 3.63) is 59.4 Å². The van der Waals surface area contributed by atoms with Crippen molar-refractivity contribution < 1.29 is 4.79 Å². The van der Waals surface area contributed by atoms with Gasteiger partial charge in [-0.1, -0.05) is 23.8 Å². The van der Waals surface area contributed by atoms with E-state index in [1.165, 1.54) is 5.56 Å². The second-order valence-corrected chi connectivity index (χ2v) is 6.14. The molecule has 24 heavy (non-hydrogen) atoms. The predicted octanol–water partition coefficient (Wildman–Crippen LogP) is 3.84. The van der Waals surface area contributed by atoms with Crippen molar-refractivity contribution in [3.63, 3.8) is 0 Å². The molecule has 2 aromatic heterocycles. The average molecular weight is 318 g/mol. The minimum Gasteiger partial charge on any atom is -0.358 e. The van der Waals surface area contributed by atoms with Crippen molar-refractivity contribution in [1.82, 2.24) is 15.2 Å². The Balaban J connectivity index is 1.64. The van der Waals surface area contributed by atoms with E-state index >= 15 is 0 Å². The molecular formula is C19H18N4O. The third-order valence-electron chi connectivity index (χ3n) is 4.36. The van der Waals surface area contributed by atoms with Crippen molar-refractivity contribution in [2.75, 3.05) is 5.32 Å². The van der Waals surface area contributed by atoms with E-state index in [-0.39, 0.29) is 5.91 Å². The summed E-state index contributed by atoms with van der Waals surface area (Å²) in [6.07, 6.45) is 2.08. The van der Waals surface area contributed by atoms with Crippen LogP contribution in [0.25, 0.3) is 21.8 Å². The first-order valence-corrected chi connectivity index (χ1v) is 7.91. The maximum atomic E-state index is 12.6. The molecule has 0 atom stereocenters. The van der Waals surface area contributed by atoms with Crippen LogP contribution in [0.1, 0.15) is 16.8 Å². The largest absolute Gasteiger partial charge is 0.358 e.